The molecule has 0 unspecified atom stereocenters. The molecule has 0 spiro atoms. The predicted molar refractivity (Wildman–Crippen MR) is 69.7 cm³/mol. The minimum absolute atomic E-state index is 0.365. The molecule has 0 aromatic carbocycles. The van der Waals surface area contributed by atoms with E-state index in [1.165, 1.54) is 49.7 Å². The summed E-state index contributed by atoms with van der Waals surface area (Å²) in [6, 6.07) is 0. The van der Waals surface area contributed by atoms with Gasteiger partial charge in [-0.3, -0.25) is 0 Å². The highest BCUT2D eigenvalue weighted by atomic mass is 16.6. The largest absolute Gasteiger partial charge is 0.462 e. The van der Waals surface area contributed by atoms with Crippen LogP contribution in [0.15, 0.2) is 22.5 Å². The molecule has 1 aliphatic heterocycles. The molecule has 2 fully saturated rings. The van der Waals surface area contributed by atoms with Crippen LogP contribution in [-0.4, -0.2) is 10.9 Å². The number of hydrogen-bond acceptors (Lipinski definition) is 2. The Bertz CT molecular complexity index is 438. The van der Waals surface area contributed by atoms with Crippen LogP contribution in [-0.2, 0) is 4.74 Å². The minimum atomic E-state index is -0.826. The van der Waals surface area contributed by atoms with Crippen molar-refractivity contribution in [3.63, 3.8) is 0 Å². The minimum Gasteiger partial charge on any atom is -0.462 e. The van der Waals surface area contributed by atoms with Crippen LogP contribution < -0.4 is 0 Å². The van der Waals surface area contributed by atoms with Crippen LogP contribution in [0.2, 0.25) is 0 Å². The molecule has 4 rings (SSSR count). The van der Waals surface area contributed by atoms with Crippen molar-refractivity contribution in [2.75, 3.05) is 0 Å². The zero-order valence-corrected chi connectivity index (χ0v) is 11.0. The van der Waals surface area contributed by atoms with Crippen molar-refractivity contribution >= 4 is 0 Å². The van der Waals surface area contributed by atoms with Gasteiger partial charge in [-0.2, -0.15) is 0 Å². The van der Waals surface area contributed by atoms with Crippen LogP contribution in [0, 0.1) is 5.92 Å². The Hall–Kier alpha value is -0.760. The highest BCUT2D eigenvalue weighted by molar-refractivity contribution is 5.43. The van der Waals surface area contributed by atoms with E-state index in [0.717, 1.165) is 31.4 Å². The van der Waals surface area contributed by atoms with E-state index in [0.29, 0.717) is 5.92 Å². The molecule has 0 amide bonds. The fourth-order valence-electron chi connectivity index (χ4n) is 4.39. The van der Waals surface area contributed by atoms with Gasteiger partial charge in [0.05, 0.1) is 0 Å². The lowest BCUT2D eigenvalue weighted by molar-refractivity contribution is -0.205. The standard InChI is InChI=1S/C16H22O2/c17-16-9-3-6-13(16)10-12-7-8-14(15(12)18-16)11-4-1-2-5-11/h13,17H,1-10H2/t13-,16-/m0/s1. The van der Waals surface area contributed by atoms with Crippen molar-refractivity contribution in [1.82, 2.24) is 0 Å². The second kappa shape index (κ2) is 3.86. The van der Waals surface area contributed by atoms with Crippen LogP contribution >= 0.6 is 0 Å². The fraction of sp³-hybridized carbons (Fsp3) is 0.750. The summed E-state index contributed by atoms with van der Waals surface area (Å²) in [7, 11) is 0. The number of ether oxygens (including phenoxy) is 1. The first-order valence-corrected chi connectivity index (χ1v) is 7.61. The van der Waals surface area contributed by atoms with Gasteiger partial charge in [0.2, 0.25) is 5.79 Å². The zero-order valence-electron chi connectivity index (χ0n) is 11.0. The fourth-order valence-corrected chi connectivity index (χ4v) is 4.39. The Morgan fingerprint density at radius 3 is 2.67 bits per heavy atom. The second-order valence-corrected chi connectivity index (χ2v) is 6.46. The second-order valence-electron chi connectivity index (χ2n) is 6.46. The van der Waals surface area contributed by atoms with E-state index in [9.17, 15) is 5.11 Å². The smallest absolute Gasteiger partial charge is 0.211 e. The van der Waals surface area contributed by atoms with Crippen LogP contribution in [0.5, 0.6) is 0 Å². The van der Waals surface area contributed by atoms with E-state index in [1.54, 1.807) is 5.57 Å². The maximum atomic E-state index is 10.6. The van der Waals surface area contributed by atoms with E-state index in [2.05, 4.69) is 0 Å². The Morgan fingerprint density at radius 2 is 1.83 bits per heavy atom. The molecule has 1 N–H and O–H groups in total. The molecule has 0 radical (unpaired) electrons. The Balaban J connectivity index is 1.70. The molecule has 0 aromatic heterocycles. The number of aliphatic hydroxyl groups is 1. The van der Waals surface area contributed by atoms with Gasteiger partial charge in [-0.1, -0.05) is 5.57 Å². The van der Waals surface area contributed by atoms with Gasteiger partial charge in [0.15, 0.2) is 0 Å². The lowest BCUT2D eigenvalue weighted by Gasteiger charge is -2.36. The van der Waals surface area contributed by atoms with E-state index in [4.69, 9.17) is 4.74 Å². The molecule has 98 valence electrons. The maximum absolute atomic E-state index is 10.6. The lowest BCUT2D eigenvalue weighted by atomic mass is 9.90. The summed E-state index contributed by atoms with van der Waals surface area (Å²) in [5, 5.41) is 10.6. The average molecular weight is 246 g/mol. The van der Waals surface area contributed by atoms with Gasteiger partial charge in [-0.25, -0.2) is 0 Å². The highest BCUT2D eigenvalue weighted by Crippen LogP contribution is 2.52. The van der Waals surface area contributed by atoms with Crippen molar-refractivity contribution in [3.8, 4) is 0 Å². The van der Waals surface area contributed by atoms with Crippen molar-refractivity contribution < 1.29 is 9.84 Å². The number of fused-ring (bicyclic) bond motifs is 1. The third kappa shape index (κ3) is 1.51. The van der Waals surface area contributed by atoms with Crippen molar-refractivity contribution in [3.05, 3.63) is 22.5 Å². The molecule has 0 saturated heterocycles. The van der Waals surface area contributed by atoms with E-state index >= 15 is 0 Å². The molecular weight excluding hydrogens is 224 g/mol. The summed E-state index contributed by atoms with van der Waals surface area (Å²) in [4.78, 5) is 0. The van der Waals surface area contributed by atoms with E-state index < -0.39 is 5.79 Å². The number of rotatable bonds is 0. The Kier molecular flexibility index (Phi) is 2.38. The lowest BCUT2D eigenvalue weighted by Crippen LogP contribution is -2.39. The average Bonchev–Trinajstić information content (AvgIpc) is 3.02. The molecule has 0 aromatic rings. The first kappa shape index (κ1) is 11.1. The van der Waals surface area contributed by atoms with Crippen molar-refractivity contribution in [2.24, 2.45) is 5.92 Å². The molecular formula is C16H22O2. The molecule has 3 aliphatic carbocycles. The van der Waals surface area contributed by atoms with Crippen molar-refractivity contribution in [2.45, 2.75) is 70.0 Å². The third-order valence-electron chi connectivity index (χ3n) is 5.40. The van der Waals surface area contributed by atoms with Crippen LogP contribution in [0.3, 0.4) is 0 Å². The van der Waals surface area contributed by atoms with E-state index in [1.807, 2.05) is 0 Å². The zero-order chi connectivity index (χ0) is 12.2. The summed E-state index contributed by atoms with van der Waals surface area (Å²) >= 11 is 0. The highest BCUT2D eigenvalue weighted by Gasteiger charge is 2.49. The summed E-state index contributed by atoms with van der Waals surface area (Å²) in [5.74, 6) is 0.657. The SMILES string of the molecule is O[C@]12CCC[C@H]1CC1=C(O2)C(=C2CCCC2)CC1. The first-order chi connectivity index (χ1) is 8.76. The monoisotopic (exact) mass is 246 g/mol. The number of hydrogen-bond donors (Lipinski definition) is 1. The maximum Gasteiger partial charge on any atom is 0.211 e. The topological polar surface area (TPSA) is 29.5 Å². The molecule has 18 heavy (non-hydrogen) atoms. The predicted octanol–water partition coefficient (Wildman–Crippen LogP) is 3.81. The van der Waals surface area contributed by atoms with Crippen LogP contribution in [0.25, 0.3) is 0 Å². The normalized spacial score (nSPS) is 39.1. The molecule has 4 aliphatic rings. The van der Waals surface area contributed by atoms with Crippen molar-refractivity contribution in [1.29, 1.82) is 0 Å². The Labute approximate surface area is 109 Å². The van der Waals surface area contributed by atoms with Gasteiger partial charge in [-0.05, 0) is 68.9 Å². The first-order valence-electron chi connectivity index (χ1n) is 7.61. The Morgan fingerprint density at radius 1 is 1.00 bits per heavy atom. The van der Waals surface area contributed by atoms with Gasteiger partial charge >= 0.3 is 0 Å². The van der Waals surface area contributed by atoms with Gasteiger partial charge in [0.1, 0.15) is 5.76 Å². The third-order valence-corrected chi connectivity index (χ3v) is 5.40. The van der Waals surface area contributed by atoms with E-state index in [-0.39, 0.29) is 0 Å². The molecule has 2 nitrogen and oxygen atoms in total. The summed E-state index contributed by atoms with van der Waals surface area (Å²) in [5.41, 5.74) is 4.60. The summed E-state index contributed by atoms with van der Waals surface area (Å²) in [6.07, 6.45) is 11.7. The van der Waals surface area contributed by atoms with Gasteiger partial charge in [0, 0.05) is 12.3 Å². The molecule has 2 saturated carbocycles. The quantitative estimate of drug-likeness (QED) is 0.704. The van der Waals surface area contributed by atoms with Gasteiger partial charge in [-0.15, -0.1) is 0 Å². The molecule has 2 atom stereocenters. The molecule has 1 heterocycles. The molecule has 0 bridgehead atoms. The van der Waals surface area contributed by atoms with Gasteiger partial charge in [0.25, 0.3) is 0 Å². The summed E-state index contributed by atoms with van der Waals surface area (Å²) in [6.45, 7) is 0. The number of allylic oxidation sites excluding steroid dienone is 3. The summed E-state index contributed by atoms with van der Waals surface area (Å²) < 4.78 is 6.12. The van der Waals surface area contributed by atoms with Gasteiger partial charge < -0.3 is 9.84 Å². The van der Waals surface area contributed by atoms with Crippen LogP contribution in [0.4, 0.5) is 0 Å². The molecule has 2 heteroatoms. The van der Waals surface area contributed by atoms with Crippen LogP contribution in [0.1, 0.15) is 64.2 Å².